The van der Waals surface area contributed by atoms with Gasteiger partial charge in [0.05, 0.1) is 17.6 Å². The number of likely N-dealkylation sites (tertiary alicyclic amines) is 1. The average molecular weight is 533 g/mol. The van der Waals surface area contributed by atoms with Gasteiger partial charge in [-0.1, -0.05) is 0 Å². The molecule has 3 aromatic heterocycles. The maximum absolute atomic E-state index is 12.7. The van der Waals surface area contributed by atoms with Gasteiger partial charge >= 0.3 is 0 Å². The minimum absolute atomic E-state index is 0.0202. The van der Waals surface area contributed by atoms with Gasteiger partial charge in [0.1, 0.15) is 17.8 Å². The molecule has 0 radical (unpaired) electrons. The third-order valence-corrected chi connectivity index (χ3v) is 7.44. The van der Waals surface area contributed by atoms with Gasteiger partial charge in [-0.2, -0.15) is 10.2 Å². The first-order chi connectivity index (χ1) is 18.9. The molecule has 0 unspecified atom stereocenters. The lowest BCUT2D eigenvalue weighted by molar-refractivity contribution is 0.102. The number of benzene rings is 1. The van der Waals surface area contributed by atoms with Crippen molar-refractivity contribution in [1.82, 2.24) is 39.3 Å². The number of aryl methyl sites for hydroxylation is 1. The molecule has 39 heavy (non-hydrogen) atoms. The molecule has 0 spiro atoms. The smallest absolute Gasteiger partial charge is 0.276 e. The summed E-state index contributed by atoms with van der Waals surface area (Å²) in [5, 5.41) is 12.6. The van der Waals surface area contributed by atoms with Crippen molar-refractivity contribution in [2.45, 2.75) is 25.4 Å². The Kier molecular flexibility index (Phi) is 6.53. The summed E-state index contributed by atoms with van der Waals surface area (Å²) in [4.78, 5) is 26.2. The summed E-state index contributed by atoms with van der Waals surface area (Å²) in [6.45, 7) is 3.65. The Bertz CT molecular complexity index is 1520. The Labute approximate surface area is 225 Å². The number of carbonyl (C=O) groups is 1. The molecule has 0 atom stereocenters. The Morgan fingerprint density at radius 2 is 1.90 bits per heavy atom. The van der Waals surface area contributed by atoms with Crippen LogP contribution >= 0.6 is 0 Å². The van der Waals surface area contributed by atoms with Gasteiger partial charge in [0, 0.05) is 31.4 Å². The maximum Gasteiger partial charge on any atom is 0.276 e. The second-order valence-corrected chi connectivity index (χ2v) is 10.1. The SMILES string of the molecule is CN(C)C1CCN(CCn2nc(-c3ccc(NC(=O)c4ccn(C)n4)c4c3OCO4)c3c(N)ncnc32)CC1. The van der Waals surface area contributed by atoms with Crippen molar-refractivity contribution in [2.75, 3.05) is 51.6 Å². The summed E-state index contributed by atoms with van der Waals surface area (Å²) in [6, 6.07) is 5.88. The van der Waals surface area contributed by atoms with Crippen molar-refractivity contribution in [3.8, 4) is 22.8 Å². The molecule has 2 aliphatic rings. The second kappa shape index (κ2) is 10.2. The van der Waals surface area contributed by atoms with Crippen LogP contribution in [-0.2, 0) is 13.6 Å². The van der Waals surface area contributed by atoms with Gasteiger partial charge < -0.3 is 30.3 Å². The van der Waals surface area contributed by atoms with Gasteiger partial charge in [0.2, 0.25) is 6.79 Å². The number of fused-ring (bicyclic) bond motifs is 2. The van der Waals surface area contributed by atoms with E-state index < -0.39 is 0 Å². The van der Waals surface area contributed by atoms with E-state index in [9.17, 15) is 4.79 Å². The third-order valence-electron chi connectivity index (χ3n) is 7.44. The monoisotopic (exact) mass is 532 g/mol. The largest absolute Gasteiger partial charge is 0.453 e. The van der Waals surface area contributed by atoms with Crippen LogP contribution in [0.4, 0.5) is 11.5 Å². The normalized spacial score (nSPS) is 15.9. The maximum atomic E-state index is 12.7. The standard InChI is InChI=1S/C26H32N10O3/c1-33(2)16-6-10-35(11-7-16)12-13-36-25-20(24(27)28-14-29-25)21(32-36)17-4-5-18(23-22(17)38-15-39-23)30-26(37)19-8-9-34(3)31-19/h4-5,8-9,14,16H,6-7,10-13,15H2,1-3H3,(H,30,37)(H2,27,28,29). The molecule has 1 fully saturated rings. The Morgan fingerprint density at radius 1 is 1.10 bits per heavy atom. The number of nitrogens with two attached hydrogens (primary N) is 1. The lowest BCUT2D eigenvalue weighted by Crippen LogP contribution is -2.42. The van der Waals surface area contributed by atoms with E-state index in [-0.39, 0.29) is 12.7 Å². The zero-order valence-electron chi connectivity index (χ0n) is 22.3. The van der Waals surface area contributed by atoms with E-state index in [2.05, 4.69) is 44.3 Å². The molecule has 1 aromatic carbocycles. The van der Waals surface area contributed by atoms with Crippen molar-refractivity contribution in [3.63, 3.8) is 0 Å². The predicted octanol–water partition coefficient (Wildman–Crippen LogP) is 1.82. The molecule has 0 aliphatic carbocycles. The van der Waals surface area contributed by atoms with Gasteiger partial charge in [0.15, 0.2) is 22.8 Å². The first-order valence-electron chi connectivity index (χ1n) is 13.0. The number of hydrogen-bond donors (Lipinski definition) is 2. The topological polar surface area (TPSA) is 141 Å². The van der Waals surface area contributed by atoms with Crippen molar-refractivity contribution < 1.29 is 14.3 Å². The average Bonchev–Trinajstić information content (AvgIpc) is 3.67. The Morgan fingerprint density at radius 3 is 2.64 bits per heavy atom. The number of hydrogen-bond acceptors (Lipinski definition) is 10. The predicted molar refractivity (Wildman–Crippen MR) is 146 cm³/mol. The lowest BCUT2D eigenvalue weighted by Gasteiger charge is -2.35. The molecular weight excluding hydrogens is 500 g/mol. The lowest BCUT2D eigenvalue weighted by atomic mass is 10.0. The second-order valence-electron chi connectivity index (χ2n) is 10.1. The van der Waals surface area contributed by atoms with Crippen LogP contribution in [0.5, 0.6) is 11.5 Å². The number of ether oxygens (including phenoxy) is 2. The number of aromatic nitrogens is 6. The molecule has 0 bridgehead atoms. The van der Waals surface area contributed by atoms with Crippen LogP contribution in [0, 0.1) is 0 Å². The number of anilines is 2. The molecule has 2 aliphatic heterocycles. The minimum atomic E-state index is -0.344. The quantitative estimate of drug-likeness (QED) is 0.362. The van der Waals surface area contributed by atoms with Crippen LogP contribution in [0.2, 0.25) is 0 Å². The van der Waals surface area contributed by atoms with Gasteiger partial charge in [-0.3, -0.25) is 9.48 Å². The van der Waals surface area contributed by atoms with Gasteiger partial charge in [-0.05, 0) is 58.2 Å². The van der Waals surface area contributed by atoms with Crippen LogP contribution < -0.4 is 20.5 Å². The van der Waals surface area contributed by atoms with E-state index >= 15 is 0 Å². The summed E-state index contributed by atoms with van der Waals surface area (Å²) in [7, 11) is 6.05. The molecule has 4 aromatic rings. The number of rotatable bonds is 7. The zero-order valence-corrected chi connectivity index (χ0v) is 22.3. The summed E-state index contributed by atoms with van der Waals surface area (Å²) in [6.07, 6.45) is 5.48. The van der Waals surface area contributed by atoms with Crippen LogP contribution in [0.15, 0.2) is 30.7 Å². The van der Waals surface area contributed by atoms with Crippen LogP contribution in [0.3, 0.4) is 0 Å². The summed E-state index contributed by atoms with van der Waals surface area (Å²) < 4.78 is 15.1. The van der Waals surface area contributed by atoms with Crippen molar-refractivity contribution in [3.05, 3.63) is 36.4 Å². The molecule has 5 heterocycles. The molecule has 204 valence electrons. The van der Waals surface area contributed by atoms with Gasteiger partial charge in [0.25, 0.3) is 5.91 Å². The van der Waals surface area contributed by atoms with Crippen LogP contribution in [0.25, 0.3) is 22.3 Å². The van der Waals surface area contributed by atoms with Gasteiger partial charge in [-0.25, -0.2) is 14.6 Å². The number of nitrogens with one attached hydrogen (secondary N) is 1. The molecule has 13 heteroatoms. The number of amides is 1. The van der Waals surface area contributed by atoms with E-state index in [1.54, 1.807) is 30.1 Å². The molecule has 3 N–H and O–H groups in total. The highest BCUT2D eigenvalue weighted by Crippen LogP contribution is 2.47. The van der Waals surface area contributed by atoms with Crippen molar-refractivity contribution in [2.24, 2.45) is 7.05 Å². The Hall–Kier alpha value is -4.23. The summed E-state index contributed by atoms with van der Waals surface area (Å²) >= 11 is 0. The Balaban J connectivity index is 1.29. The number of nitrogen functional groups attached to an aromatic ring is 1. The number of piperidine rings is 1. The molecule has 13 nitrogen and oxygen atoms in total. The summed E-state index contributed by atoms with van der Waals surface area (Å²) in [5.41, 5.74) is 9.09. The third kappa shape index (κ3) is 4.74. The number of carbonyl (C=O) groups excluding carboxylic acids is 1. The van der Waals surface area contributed by atoms with Crippen molar-refractivity contribution >= 4 is 28.4 Å². The van der Waals surface area contributed by atoms with Gasteiger partial charge in [-0.15, -0.1) is 0 Å². The van der Waals surface area contributed by atoms with E-state index in [0.717, 1.165) is 32.5 Å². The first-order valence-corrected chi connectivity index (χ1v) is 13.0. The minimum Gasteiger partial charge on any atom is -0.453 e. The molecule has 0 saturated carbocycles. The molecular formula is C26H32N10O3. The fraction of sp³-hybridized carbons (Fsp3) is 0.423. The molecule has 1 amide bonds. The fourth-order valence-corrected chi connectivity index (χ4v) is 5.27. The van der Waals surface area contributed by atoms with Crippen LogP contribution in [-0.4, -0.2) is 91.8 Å². The first kappa shape index (κ1) is 25.1. The van der Waals surface area contributed by atoms with E-state index in [4.69, 9.17) is 20.3 Å². The van der Waals surface area contributed by atoms with E-state index in [1.807, 2.05) is 10.7 Å². The number of nitrogens with zero attached hydrogens (tertiary/aromatic N) is 8. The zero-order chi connectivity index (χ0) is 27.1. The molecule has 1 saturated heterocycles. The fourth-order valence-electron chi connectivity index (χ4n) is 5.27. The highest BCUT2D eigenvalue weighted by atomic mass is 16.7. The summed E-state index contributed by atoms with van der Waals surface area (Å²) in [5.74, 6) is 0.907. The van der Waals surface area contributed by atoms with Crippen molar-refractivity contribution in [1.29, 1.82) is 0 Å². The van der Waals surface area contributed by atoms with Crippen LogP contribution in [0.1, 0.15) is 23.3 Å². The highest BCUT2D eigenvalue weighted by Gasteiger charge is 2.28. The van der Waals surface area contributed by atoms with E-state index in [0.29, 0.717) is 63.6 Å². The van der Waals surface area contributed by atoms with E-state index in [1.165, 1.54) is 6.33 Å². The molecule has 6 rings (SSSR count). The highest BCUT2D eigenvalue weighted by molar-refractivity contribution is 6.05.